The zero-order valence-corrected chi connectivity index (χ0v) is 12.0. The van der Waals surface area contributed by atoms with Crippen molar-refractivity contribution in [3.63, 3.8) is 0 Å². The van der Waals surface area contributed by atoms with E-state index in [2.05, 4.69) is 9.47 Å². The third-order valence-corrected chi connectivity index (χ3v) is 2.13. The first-order valence-electron chi connectivity index (χ1n) is 6.52. The fourth-order valence-electron chi connectivity index (χ4n) is 1.21. The third-order valence-electron chi connectivity index (χ3n) is 2.13. The van der Waals surface area contributed by atoms with Crippen LogP contribution in [0.2, 0.25) is 0 Å². The fraction of sp³-hybridized carbons (Fsp3) is 0.833. The quantitative estimate of drug-likeness (QED) is 0.343. The van der Waals surface area contributed by atoms with E-state index in [-0.39, 0.29) is 38.9 Å². The van der Waals surface area contributed by atoms with Crippen molar-refractivity contribution in [3.8, 4) is 0 Å². The normalized spacial score (nSPS) is 12.1. The number of alkyl halides is 6. The Bertz CT molecular complexity index is 332. The van der Waals surface area contributed by atoms with Gasteiger partial charge in [0.05, 0.1) is 0 Å². The standard InChI is InChI=1S/C12H16F6O5/c13-11(14,15)7-22-9(19)3-1-5-21-6-2-4-10(20)23-8-12(16,17)18/h1-8H2. The average molecular weight is 354 g/mol. The summed E-state index contributed by atoms with van der Waals surface area (Å²) in [6, 6.07) is 0. The van der Waals surface area contributed by atoms with Gasteiger partial charge in [-0.3, -0.25) is 9.59 Å². The Morgan fingerprint density at radius 3 is 1.35 bits per heavy atom. The summed E-state index contributed by atoms with van der Waals surface area (Å²) in [4.78, 5) is 21.8. The molecule has 0 N–H and O–H groups in total. The molecule has 0 aromatic rings. The summed E-state index contributed by atoms with van der Waals surface area (Å²) in [6.45, 7) is -3.21. The molecule has 0 saturated heterocycles. The molecule has 0 saturated carbocycles. The molecule has 0 radical (unpaired) electrons. The van der Waals surface area contributed by atoms with Crippen LogP contribution < -0.4 is 0 Å². The molecule has 0 unspecified atom stereocenters. The highest BCUT2D eigenvalue weighted by Gasteiger charge is 2.30. The summed E-state index contributed by atoms with van der Waals surface area (Å²) < 4.78 is 83.2. The average Bonchev–Trinajstić information content (AvgIpc) is 2.40. The molecule has 0 amide bonds. The molecule has 0 bridgehead atoms. The summed E-state index contributed by atoms with van der Waals surface area (Å²) in [6.07, 6.45) is -9.43. The molecule has 0 aromatic heterocycles. The van der Waals surface area contributed by atoms with E-state index < -0.39 is 37.5 Å². The second kappa shape index (κ2) is 10.3. The molecule has 0 aromatic carbocycles. The fourth-order valence-corrected chi connectivity index (χ4v) is 1.21. The lowest BCUT2D eigenvalue weighted by Gasteiger charge is -2.08. The molecule has 0 aliphatic heterocycles. The van der Waals surface area contributed by atoms with Gasteiger partial charge in [0.1, 0.15) is 0 Å². The van der Waals surface area contributed by atoms with Crippen LogP contribution in [0.25, 0.3) is 0 Å². The van der Waals surface area contributed by atoms with Crippen LogP contribution in [-0.2, 0) is 23.8 Å². The predicted octanol–water partition coefficient (Wildman–Crippen LogP) is 2.77. The van der Waals surface area contributed by atoms with Gasteiger partial charge in [-0.15, -0.1) is 0 Å². The van der Waals surface area contributed by atoms with Crippen LogP contribution in [-0.4, -0.2) is 50.7 Å². The van der Waals surface area contributed by atoms with E-state index in [0.29, 0.717) is 0 Å². The molecule has 11 heteroatoms. The van der Waals surface area contributed by atoms with E-state index in [1.54, 1.807) is 0 Å². The zero-order chi connectivity index (χ0) is 17.9. The van der Waals surface area contributed by atoms with Gasteiger partial charge in [-0.1, -0.05) is 0 Å². The van der Waals surface area contributed by atoms with Gasteiger partial charge < -0.3 is 14.2 Å². The molecule has 0 fully saturated rings. The smallest absolute Gasteiger partial charge is 0.422 e. The molecule has 0 aliphatic rings. The van der Waals surface area contributed by atoms with Crippen molar-refractivity contribution in [3.05, 3.63) is 0 Å². The molecule has 136 valence electrons. The number of hydrogen-bond donors (Lipinski definition) is 0. The summed E-state index contributed by atoms with van der Waals surface area (Å²) in [7, 11) is 0. The molecular formula is C12H16F6O5. The molecule has 0 aliphatic carbocycles. The minimum absolute atomic E-state index is 0.0404. The van der Waals surface area contributed by atoms with Gasteiger partial charge in [-0.05, 0) is 12.8 Å². The molecule has 0 spiro atoms. The largest absolute Gasteiger partial charge is 0.456 e. The van der Waals surface area contributed by atoms with Crippen LogP contribution in [0.3, 0.4) is 0 Å². The second-order valence-electron chi connectivity index (χ2n) is 4.37. The van der Waals surface area contributed by atoms with Gasteiger partial charge in [-0.25, -0.2) is 0 Å². The van der Waals surface area contributed by atoms with E-state index in [4.69, 9.17) is 4.74 Å². The van der Waals surface area contributed by atoms with Crippen molar-refractivity contribution < 1.29 is 50.1 Å². The highest BCUT2D eigenvalue weighted by atomic mass is 19.4. The first-order chi connectivity index (χ1) is 10.5. The second-order valence-corrected chi connectivity index (χ2v) is 4.37. The lowest BCUT2D eigenvalue weighted by atomic mass is 10.3. The third kappa shape index (κ3) is 16.7. The van der Waals surface area contributed by atoms with Crippen LogP contribution in [0.4, 0.5) is 26.3 Å². The van der Waals surface area contributed by atoms with Crippen LogP contribution in [0.5, 0.6) is 0 Å². The number of ether oxygens (including phenoxy) is 3. The highest BCUT2D eigenvalue weighted by molar-refractivity contribution is 5.69. The topological polar surface area (TPSA) is 61.8 Å². The van der Waals surface area contributed by atoms with E-state index in [9.17, 15) is 35.9 Å². The highest BCUT2D eigenvalue weighted by Crippen LogP contribution is 2.15. The Kier molecular flexibility index (Phi) is 9.61. The van der Waals surface area contributed by atoms with Gasteiger partial charge >= 0.3 is 24.3 Å². The summed E-state index contributed by atoms with van der Waals surface area (Å²) in [5, 5.41) is 0. The zero-order valence-electron chi connectivity index (χ0n) is 12.0. The molecule has 0 rings (SSSR count). The van der Waals surface area contributed by atoms with Crippen molar-refractivity contribution in [2.24, 2.45) is 0 Å². The first kappa shape index (κ1) is 21.5. The van der Waals surface area contributed by atoms with Gasteiger partial charge in [0.15, 0.2) is 13.2 Å². The number of carbonyl (C=O) groups excluding carboxylic acids is 2. The van der Waals surface area contributed by atoms with Crippen molar-refractivity contribution in [2.45, 2.75) is 38.0 Å². The lowest BCUT2D eigenvalue weighted by Crippen LogP contribution is -2.20. The van der Waals surface area contributed by atoms with Crippen molar-refractivity contribution in [1.82, 2.24) is 0 Å². The number of rotatable bonds is 10. The van der Waals surface area contributed by atoms with Crippen LogP contribution >= 0.6 is 0 Å². The Morgan fingerprint density at radius 1 is 0.696 bits per heavy atom. The Balaban J connectivity index is 3.46. The molecule has 23 heavy (non-hydrogen) atoms. The maximum atomic E-state index is 11.7. The first-order valence-corrected chi connectivity index (χ1v) is 6.52. The van der Waals surface area contributed by atoms with Crippen molar-refractivity contribution in [2.75, 3.05) is 26.4 Å². The van der Waals surface area contributed by atoms with Gasteiger partial charge in [0, 0.05) is 26.1 Å². The summed E-state index contributed by atoms with van der Waals surface area (Å²) in [5.74, 6) is -2.02. The van der Waals surface area contributed by atoms with Crippen LogP contribution in [0.15, 0.2) is 0 Å². The van der Waals surface area contributed by atoms with E-state index in [0.717, 1.165) is 0 Å². The lowest BCUT2D eigenvalue weighted by molar-refractivity contribution is -0.186. The van der Waals surface area contributed by atoms with Crippen molar-refractivity contribution in [1.29, 1.82) is 0 Å². The number of carbonyl (C=O) groups is 2. The van der Waals surface area contributed by atoms with Crippen LogP contribution in [0.1, 0.15) is 25.7 Å². The van der Waals surface area contributed by atoms with E-state index >= 15 is 0 Å². The number of esters is 2. The number of halogens is 6. The van der Waals surface area contributed by atoms with Gasteiger partial charge in [0.2, 0.25) is 0 Å². The van der Waals surface area contributed by atoms with Gasteiger partial charge in [0.25, 0.3) is 0 Å². The predicted molar refractivity (Wildman–Crippen MR) is 63.3 cm³/mol. The Morgan fingerprint density at radius 2 is 1.04 bits per heavy atom. The maximum Gasteiger partial charge on any atom is 0.422 e. The summed E-state index contributed by atoms with van der Waals surface area (Å²) >= 11 is 0. The molecule has 5 nitrogen and oxygen atoms in total. The Labute approximate surface area is 127 Å². The number of hydrogen-bond acceptors (Lipinski definition) is 5. The molecule has 0 heterocycles. The summed E-state index contributed by atoms with van der Waals surface area (Å²) in [5.41, 5.74) is 0. The minimum atomic E-state index is -4.58. The van der Waals surface area contributed by atoms with Gasteiger partial charge in [-0.2, -0.15) is 26.3 Å². The van der Waals surface area contributed by atoms with Crippen LogP contribution in [0, 0.1) is 0 Å². The molecule has 0 atom stereocenters. The van der Waals surface area contributed by atoms with Crippen molar-refractivity contribution >= 4 is 11.9 Å². The minimum Gasteiger partial charge on any atom is -0.456 e. The van der Waals surface area contributed by atoms with E-state index in [1.807, 2.05) is 0 Å². The SMILES string of the molecule is O=C(CCCOCCCC(=O)OCC(F)(F)F)OCC(F)(F)F. The monoisotopic (exact) mass is 354 g/mol. The maximum absolute atomic E-state index is 11.7. The molecular weight excluding hydrogens is 338 g/mol. The van der Waals surface area contributed by atoms with E-state index in [1.165, 1.54) is 0 Å². The Hall–Kier alpha value is -1.52.